The zero-order chi connectivity index (χ0) is 19.2. The quantitative estimate of drug-likeness (QED) is 0.628. The van der Waals surface area contributed by atoms with Gasteiger partial charge in [0.25, 0.3) is 0 Å². The zero-order valence-electron chi connectivity index (χ0n) is 16.3. The first-order valence-corrected chi connectivity index (χ1v) is 9.39. The average molecular weight is 368 g/mol. The lowest BCUT2D eigenvalue weighted by molar-refractivity contribution is 0.0997. The molecule has 6 nitrogen and oxygen atoms in total. The van der Waals surface area contributed by atoms with Crippen LogP contribution in [0.2, 0.25) is 0 Å². The van der Waals surface area contributed by atoms with E-state index in [1.54, 1.807) is 18.9 Å². The molecule has 0 aliphatic heterocycles. The van der Waals surface area contributed by atoms with Crippen LogP contribution in [-0.4, -0.2) is 37.4 Å². The molecule has 3 rings (SSSR count). The minimum absolute atomic E-state index is 0.0922. The molecular formula is C21H28N4O2. The van der Waals surface area contributed by atoms with Crippen LogP contribution in [0.5, 0.6) is 0 Å². The van der Waals surface area contributed by atoms with E-state index in [-0.39, 0.29) is 12.6 Å². The molecule has 0 saturated carbocycles. The third-order valence-electron chi connectivity index (χ3n) is 5.10. The molecule has 2 aromatic heterocycles. The summed E-state index contributed by atoms with van der Waals surface area (Å²) in [6, 6.07) is 8.46. The molecule has 0 aliphatic carbocycles. The van der Waals surface area contributed by atoms with Crippen molar-refractivity contribution in [3.05, 3.63) is 71.2 Å². The van der Waals surface area contributed by atoms with Crippen LogP contribution in [-0.2, 0) is 19.6 Å². The largest absolute Gasteiger partial charge is 0.468 e. The molecule has 1 atom stereocenters. The summed E-state index contributed by atoms with van der Waals surface area (Å²) in [6.07, 6.45) is 5.87. The van der Waals surface area contributed by atoms with Crippen molar-refractivity contribution >= 4 is 0 Å². The Kier molecular flexibility index (Phi) is 6.42. The summed E-state index contributed by atoms with van der Waals surface area (Å²) < 4.78 is 7.38. The van der Waals surface area contributed by atoms with Crippen LogP contribution in [0.25, 0.3) is 0 Å². The summed E-state index contributed by atoms with van der Waals surface area (Å²) >= 11 is 0. The van der Waals surface area contributed by atoms with Crippen molar-refractivity contribution < 1.29 is 9.52 Å². The molecule has 2 heterocycles. The topological polar surface area (TPSA) is 67.3 Å². The van der Waals surface area contributed by atoms with Crippen LogP contribution in [0.4, 0.5) is 0 Å². The molecule has 27 heavy (non-hydrogen) atoms. The number of aliphatic hydroxyl groups excluding tert-OH is 1. The van der Waals surface area contributed by atoms with E-state index >= 15 is 0 Å². The Labute approximate surface area is 160 Å². The first-order chi connectivity index (χ1) is 13.1. The molecule has 1 N–H and O–H groups in total. The molecule has 0 aliphatic rings. The third kappa shape index (κ3) is 4.84. The van der Waals surface area contributed by atoms with E-state index in [2.05, 4.69) is 47.9 Å². The fourth-order valence-corrected chi connectivity index (χ4v) is 3.42. The summed E-state index contributed by atoms with van der Waals surface area (Å²) in [6.45, 7) is 8.66. The number of rotatable bonds is 9. The molecule has 1 aromatic carbocycles. The highest BCUT2D eigenvalue weighted by Gasteiger charge is 2.19. The summed E-state index contributed by atoms with van der Waals surface area (Å²) in [5.41, 5.74) is 5.00. The number of aromatic nitrogens is 3. The lowest BCUT2D eigenvalue weighted by Gasteiger charge is -2.30. The fourth-order valence-electron chi connectivity index (χ4n) is 3.42. The fraction of sp³-hybridized carbons (Fsp3) is 0.429. The molecule has 3 aromatic rings. The van der Waals surface area contributed by atoms with E-state index in [1.807, 2.05) is 16.8 Å². The predicted molar refractivity (Wildman–Crippen MR) is 104 cm³/mol. The zero-order valence-corrected chi connectivity index (χ0v) is 16.3. The Bertz CT molecular complexity index is 824. The SMILES string of the molecule is CCC(CO)N(Cc1ccco1)Cc1cc(Cn2cncn2)c(C)cc1C. The maximum atomic E-state index is 9.85. The van der Waals surface area contributed by atoms with Gasteiger partial charge in [-0.25, -0.2) is 9.67 Å². The number of nitrogens with zero attached hydrogens (tertiary/aromatic N) is 4. The van der Waals surface area contributed by atoms with E-state index in [9.17, 15) is 5.11 Å². The van der Waals surface area contributed by atoms with E-state index in [4.69, 9.17) is 4.42 Å². The number of aryl methyl sites for hydroxylation is 2. The van der Waals surface area contributed by atoms with Crippen LogP contribution < -0.4 is 0 Å². The van der Waals surface area contributed by atoms with Crippen molar-refractivity contribution in [3.8, 4) is 0 Å². The van der Waals surface area contributed by atoms with Gasteiger partial charge < -0.3 is 9.52 Å². The number of benzene rings is 1. The molecule has 0 amide bonds. The second-order valence-electron chi connectivity index (χ2n) is 7.03. The summed E-state index contributed by atoms with van der Waals surface area (Å²) in [5.74, 6) is 0.912. The van der Waals surface area contributed by atoms with E-state index < -0.39 is 0 Å². The lowest BCUT2D eigenvalue weighted by Crippen LogP contribution is -2.36. The van der Waals surface area contributed by atoms with Crippen molar-refractivity contribution in [2.45, 2.75) is 52.9 Å². The van der Waals surface area contributed by atoms with Gasteiger partial charge in [0.15, 0.2) is 0 Å². The van der Waals surface area contributed by atoms with Crippen molar-refractivity contribution in [2.75, 3.05) is 6.61 Å². The Morgan fingerprint density at radius 3 is 2.63 bits per heavy atom. The van der Waals surface area contributed by atoms with Gasteiger partial charge >= 0.3 is 0 Å². The number of hydrogen-bond acceptors (Lipinski definition) is 5. The third-order valence-corrected chi connectivity index (χ3v) is 5.10. The normalized spacial score (nSPS) is 12.6. The molecule has 0 spiro atoms. The monoisotopic (exact) mass is 368 g/mol. The summed E-state index contributed by atoms with van der Waals surface area (Å²) in [4.78, 5) is 6.32. The maximum absolute atomic E-state index is 9.85. The van der Waals surface area contributed by atoms with Gasteiger partial charge in [-0.15, -0.1) is 0 Å². The predicted octanol–water partition coefficient (Wildman–Crippen LogP) is 3.31. The van der Waals surface area contributed by atoms with Crippen LogP contribution in [0.3, 0.4) is 0 Å². The minimum Gasteiger partial charge on any atom is -0.468 e. The first-order valence-electron chi connectivity index (χ1n) is 9.39. The summed E-state index contributed by atoms with van der Waals surface area (Å²) in [5, 5.41) is 14.1. The van der Waals surface area contributed by atoms with Crippen molar-refractivity contribution in [1.82, 2.24) is 19.7 Å². The van der Waals surface area contributed by atoms with Crippen molar-refractivity contribution in [1.29, 1.82) is 0 Å². The Balaban J connectivity index is 1.85. The molecule has 144 valence electrons. The van der Waals surface area contributed by atoms with Crippen LogP contribution in [0, 0.1) is 13.8 Å². The van der Waals surface area contributed by atoms with Gasteiger partial charge in [-0.3, -0.25) is 4.90 Å². The molecular weight excluding hydrogens is 340 g/mol. The molecule has 0 radical (unpaired) electrons. The highest BCUT2D eigenvalue weighted by molar-refractivity contribution is 5.37. The maximum Gasteiger partial charge on any atom is 0.137 e. The van der Waals surface area contributed by atoms with Crippen LogP contribution in [0.1, 0.15) is 41.4 Å². The summed E-state index contributed by atoms with van der Waals surface area (Å²) in [7, 11) is 0. The van der Waals surface area contributed by atoms with E-state index in [0.717, 1.165) is 18.7 Å². The van der Waals surface area contributed by atoms with E-state index in [1.165, 1.54) is 22.3 Å². The van der Waals surface area contributed by atoms with Gasteiger partial charge in [-0.05, 0) is 54.7 Å². The van der Waals surface area contributed by atoms with Crippen LogP contribution >= 0.6 is 0 Å². The van der Waals surface area contributed by atoms with Gasteiger partial charge in [0, 0.05) is 12.6 Å². The second kappa shape index (κ2) is 8.97. The van der Waals surface area contributed by atoms with Gasteiger partial charge in [0.05, 0.1) is 26.0 Å². The van der Waals surface area contributed by atoms with Crippen LogP contribution in [0.15, 0.2) is 47.6 Å². The smallest absolute Gasteiger partial charge is 0.137 e. The Hall–Kier alpha value is -2.44. The van der Waals surface area contributed by atoms with Gasteiger partial charge in [0.1, 0.15) is 18.4 Å². The number of aliphatic hydroxyl groups is 1. The molecule has 1 unspecified atom stereocenters. The highest BCUT2D eigenvalue weighted by Crippen LogP contribution is 2.22. The highest BCUT2D eigenvalue weighted by atomic mass is 16.3. The minimum atomic E-state index is 0.0922. The number of hydrogen-bond donors (Lipinski definition) is 1. The van der Waals surface area contributed by atoms with E-state index in [0.29, 0.717) is 13.1 Å². The average Bonchev–Trinajstić information content (AvgIpc) is 3.34. The first kappa shape index (κ1) is 19.3. The lowest BCUT2D eigenvalue weighted by atomic mass is 9.98. The molecule has 0 bridgehead atoms. The second-order valence-corrected chi connectivity index (χ2v) is 7.03. The Morgan fingerprint density at radius 2 is 2.00 bits per heavy atom. The van der Waals surface area contributed by atoms with Gasteiger partial charge in [-0.2, -0.15) is 5.10 Å². The molecule has 6 heteroatoms. The molecule has 0 saturated heterocycles. The Morgan fingerprint density at radius 1 is 1.19 bits per heavy atom. The van der Waals surface area contributed by atoms with Crippen molar-refractivity contribution in [2.24, 2.45) is 0 Å². The number of furan rings is 1. The standard InChI is InChI=1S/C21H28N4O2/c1-4-20(13-26)24(12-21-6-5-7-27-21)10-18-9-19(17(3)8-16(18)2)11-25-15-22-14-23-25/h5-9,14-15,20,26H,4,10-13H2,1-3H3. The molecule has 0 fully saturated rings. The van der Waals surface area contributed by atoms with Gasteiger partial charge in [-0.1, -0.05) is 19.1 Å². The van der Waals surface area contributed by atoms with Gasteiger partial charge in [0.2, 0.25) is 0 Å². The van der Waals surface area contributed by atoms with Crippen molar-refractivity contribution in [3.63, 3.8) is 0 Å².